The van der Waals surface area contributed by atoms with Crippen molar-refractivity contribution in [3.05, 3.63) is 12.7 Å². The number of aliphatic hydroxyl groups is 2. The average Bonchev–Trinajstić information content (AvgIpc) is 3.07. The number of nitrogens with zero attached hydrogens (tertiary/aromatic N) is 4. The Labute approximate surface area is 150 Å². The first-order valence-corrected chi connectivity index (χ1v) is 10.0. The van der Waals surface area contributed by atoms with Crippen molar-refractivity contribution in [3.8, 4) is 0 Å². The molecule has 5 atom stereocenters. The molecule has 0 aromatic carbocycles. The third-order valence-electron chi connectivity index (χ3n) is 3.60. The molecule has 0 amide bonds. The lowest BCUT2D eigenvalue weighted by Crippen LogP contribution is -2.34. The normalized spacial score (nSPS) is 28.5. The molecule has 0 spiro atoms. The maximum absolute atomic E-state index is 11.3. The molecule has 0 saturated carbocycles. The molecule has 150 valence electrons. The lowest BCUT2D eigenvalue weighted by Gasteiger charge is -2.35. The van der Waals surface area contributed by atoms with Gasteiger partial charge in [-0.05, 0) is 0 Å². The van der Waals surface area contributed by atoms with Gasteiger partial charge in [0.25, 0.3) is 7.82 Å². The molecule has 0 aliphatic carbocycles. The Bertz CT molecular complexity index is 932. The molecule has 1 saturated heterocycles. The van der Waals surface area contributed by atoms with Gasteiger partial charge in [0.15, 0.2) is 17.7 Å². The molecular weight excluding hydrogens is 412 g/mol. The van der Waals surface area contributed by atoms with E-state index < -0.39 is 46.8 Å². The van der Waals surface area contributed by atoms with Crippen molar-refractivity contribution in [1.82, 2.24) is 19.5 Å². The summed E-state index contributed by atoms with van der Waals surface area (Å²) in [6.07, 6.45) is -3.48. The predicted molar refractivity (Wildman–Crippen MR) is 77.9 cm³/mol. The zero-order chi connectivity index (χ0) is 20.0. The molecule has 0 bridgehead atoms. The molecule has 1 aliphatic rings. The molecule has 3 rings (SSSR count). The number of ether oxygens (including phenoxy) is 1. The summed E-state index contributed by atoms with van der Waals surface area (Å²) in [5.41, 5.74) is 6.04. The number of aliphatic hydroxyl groups excluding tert-OH is 2. The van der Waals surface area contributed by atoms with Crippen LogP contribution in [-0.4, -0.2) is 54.7 Å². The number of nitrogens with two attached hydrogens (primary N) is 1. The van der Waals surface area contributed by atoms with Crippen molar-refractivity contribution in [3.63, 3.8) is 0 Å². The van der Waals surface area contributed by atoms with E-state index in [9.17, 15) is 34.0 Å². The van der Waals surface area contributed by atoms with E-state index in [-0.39, 0.29) is 17.0 Å². The van der Waals surface area contributed by atoms with Crippen LogP contribution in [0.2, 0.25) is 0 Å². The van der Waals surface area contributed by atoms with Crippen LogP contribution in [0.15, 0.2) is 12.7 Å². The highest BCUT2D eigenvalue weighted by Gasteiger charge is 2.44. The maximum atomic E-state index is 11.3. The fourth-order valence-corrected chi connectivity index (χ4v) is 3.96. The zero-order valence-electron chi connectivity index (χ0n) is 13.1. The van der Waals surface area contributed by atoms with Crippen LogP contribution in [-0.2, 0) is 22.7 Å². The van der Waals surface area contributed by atoms with Gasteiger partial charge in [-0.3, -0.25) is 13.4 Å². The fraction of sp³-hybridized carbons (Fsp3) is 0.500. The Morgan fingerprint density at radius 1 is 1.22 bits per heavy atom. The predicted octanol–water partition coefficient (Wildman–Crippen LogP) is -3.64. The van der Waals surface area contributed by atoms with E-state index in [0.717, 1.165) is 6.33 Å². The third-order valence-corrected chi connectivity index (χ3v) is 5.66. The molecule has 0 radical (unpaired) electrons. The van der Waals surface area contributed by atoms with Crippen molar-refractivity contribution in [2.75, 3.05) is 12.3 Å². The number of aromatic nitrogens is 4. The SMILES string of the molecule is Nc1ncnc2c1ncn2[C@@H]1O[C@@H](COP(=O)([O-])OP(=O)([O-])[O-])[C@@H](O)[C@@H]1O. The quantitative estimate of drug-likeness (QED) is 0.379. The van der Waals surface area contributed by atoms with Gasteiger partial charge >= 0.3 is 0 Å². The van der Waals surface area contributed by atoms with Gasteiger partial charge in [0.1, 0.15) is 30.2 Å². The standard InChI is InChI=1S/C10H15N5O10P2/c11-8-5-9(13-2-12-8)15(3-14-5)10-7(17)6(16)4(24-10)1-23-27(21,22)25-26(18,19)20/h2-4,6-7,10,16-17H,1H2,(H,21,22)(H2,11,12,13)(H2,18,19,20)/p-3/t4-,6+,7-,10+/m0/s1. The number of nitrogen functional groups attached to an aromatic ring is 1. The molecule has 3 heterocycles. The molecule has 2 aromatic heterocycles. The molecule has 27 heavy (non-hydrogen) atoms. The third kappa shape index (κ3) is 4.33. The van der Waals surface area contributed by atoms with E-state index >= 15 is 0 Å². The van der Waals surface area contributed by atoms with Gasteiger partial charge in [0, 0.05) is 0 Å². The summed E-state index contributed by atoms with van der Waals surface area (Å²) in [7, 11) is -11.4. The number of phosphoric ester groups is 1. The van der Waals surface area contributed by atoms with E-state index in [2.05, 4.69) is 23.8 Å². The summed E-state index contributed by atoms with van der Waals surface area (Å²) in [6.45, 7) is -0.931. The van der Waals surface area contributed by atoms with Crippen LogP contribution in [0.4, 0.5) is 5.82 Å². The fourth-order valence-electron chi connectivity index (χ4n) is 2.46. The van der Waals surface area contributed by atoms with Crippen molar-refractivity contribution >= 4 is 32.6 Å². The van der Waals surface area contributed by atoms with Crippen molar-refractivity contribution in [1.29, 1.82) is 0 Å². The van der Waals surface area contributed by atoms with Crippen LogP contribution in [0.1, 0.15) is 6.23 Å². The van der Waals surface area contributed by atoms with Gasteiger partial charge < -0.3 is 44.5 Å². The van der Waals surface area contributed by atoms with E-state index in [1.165, 1.54) is 10.9 Å². The highest BCUT2D eigenvalue weighted by molar-refractivity contribution is 7.58. The van der Waals surface area contributed by atoms with E-state index in [1.807, 2.05) is 0 Å². The summed E-state index contributed by atoms with van der Waals surface area (Å²) >= 11 is 0. The molecule has 17 heteroatoms. The van der Waals surface area contributed by atoms with Crippen LogP contribution in [0.5, 0.6) is 0 Å². The second-order valence-electron chi connectivity index (χ2n) is 5.40. The molecule has 2 aromatic rings. The highest BCUT2D eigenvalue weighted by atomic mass is 31.3. The number of hydrogen-bond donors (Lipinski definition) is 3. The number of rotatable bonds is 6. The van der Waals surface area contributed by atoms with Gasteiger partial charge in [0.2, 0.25) is 0 Å². The lowest BCUT2D eigenvalue weighted by atomic mass is 10.1. The first-order chi connectivity index (χ1) is 12.5. The smallest absolute Gasteiger partial charge is 0.271 e. The van der Waals surface area contributed by atoms with Crippen LogP contribution in [0, 0.1) is 0 Å². The van der Waals surface area contributed by atoms with E-state index in [0.29, 0.717) is 0 Å². The monoisotopic (exact) mass is 424 g/mol. The zero-order valence-corrected chi connectivity index (χ0v) is 14.9. The van der Waals surface area contributed by atoms with E-state index in [1.54, 1.807) is 0 Å². The topological polar surface area (TPSA) is 241 Å². The Kier molecular flexibility index (Phi) is 5.35. The molecule has 1 aliphatic heterocycles. The maximum Gasteiger partial charge on any atom is 0.271 e. The molecule has 1 fully saturated rings. The summed E-state index contributed by atoms with van der Waals surface area (Å²) in [5, 5.41) is 20.2. The van der Waals surface area contributed by atoms with Crippen LogP contribution >= 0.6 is 15.6 Å². The number of phosphoric acid groups is 2. The summed E-state index contributed by atoms with van der Waals surface area (Å²) < 4.78 is 35.7. The van der Waals surface area contributed by atoms with Crippen molar-refractivity contribution in [2.24, 2.45) is 0 Å². The van der Waals surface area contributed by atoms with Gasteiger partial charge in [-0.15, -0.1) is 0 Å². The lowest BCUT2D eigenvalue weighted by molar-refractivity contribution is -0.339. The minimum Gasteiger partial charge on any atom is -0.790 e. The largest absolute Gasteiger partial charge is 0.790 e. The van der Waals surface area contributed by atoms with Gasteiger partial charge in [-0.1, -0.05) is 0 Å². The van der Waals surface area contributed by atoms with Crippen LogP contribution in [0.25, 0.3) is 11.2 Å². The second kappa shape index (κ2) is 7.14. The molecule has 1 unspecified atom stereocenters. The number of hydrogen-bond acceptors (Lipinski definition) is 14. The minimum absolute atomic E-state index is 0.0655. The summed E-state index contributed by atoms with van der Waals surface area (Å²) in [5.74, 6) is 0.0655. The molecular formula is C10H12N5O10P2-3. The summed E-state index contributed by atoms with van der Waals surface area (Å²) in [6, 6.07) is 0. The average molecular weight is 424 g/mol. The van der Waals surface area contributed by atoms with Gasteiger partial charge in [0.05, 0.1) is 20.8 Å². The van der Waals surface area contributed by atoms with Crippen molar-refractivity contribution in [2.45, 2.75) is 24.5 Å². The first kappa shape index (κ1) is 20.2. The Morgan fingerprint density at radius 3 is 2.59 bits per heavy atom. The number of anilines is 1. The van der Waals surface area contributed by atoms with Gasteiger partial charge in [-0.2, -0.15) is 0 Å². The Hall–Kier alpha value is -1.51. The van der Waals surface area contributed by atoms with Crippen LogP contribution in [0.3, 0.4) is 0 Å². The van der Waals surface area contributed by atoms with Gasteiger partial charge in [-0.25, -0.2) is 15.0 Å². The van der Waals surface area contributed by atoms with Crippen molar-refractivity contribution < 1.29 is 47.6 Å². The Balaban J connectivity index is 1.75. The molecule has 4 N–H and O–H groups in total. The summed E-state index contributed by atoms with van der Waals surface area (Å²) in [4.78, 5) is 43.7. The Morgan fingerprint density at radius 2 is 1.93 bits per heavy atom. The second-order valence-corrected chi connectivity index (χ2v) is 8.10. The minimum atomic E-state index is -5.85. The number of imidazole rings is 1. The number of fused-ring (bicyclic) bond motifs is 1. The first-order valence-electron chi connectivity index (χ1n) is 7.12. The van der Waals surface area contributed by atoms with E-state index in [4.69, 9.17) is 10.5 Å². The highest BCUT2D eigenvalue weighted by Crippen LogP contribution is 2.50. The van der Waals surface area contributed by atoms with Crippen LogP contribution < -0.4 is 20.4 Å². The molecule has 15 nitrogen and oxygen atoms in total.